The van der Waals surface area contributed by atoms with Crippen LogP contribution < -0.4 is 9.47 Å². The highest BCUT2D eigenvalue weighted by Gasteiger charge is 2.13. The standard InChI is InChI=1S/C14H14N6O2/c1-21-11-8-18-10(14(19-11)22-2)9-20-7-6-17-13(20)12-15-4-3-5-16-12/h3-8H,9H2,1-2H3. The summed E-state index contributed by atoms with van der Waals surface area (Å²) in [6.45, 7) is 0.438. The fraction of sp³-hybridized carbons (Fsp3) is 0.214. The minimum absolute atomic E-state index is 0.401. The molecule has 0 spiro atoms. The molecule has 0 bridgehead atoms. The van der Waals surface area contributed by atoms with Gasteiger partial charge in [0.05, 0.1) is 27.0 Å². The minimum Gasteiger partial charge on any atom is -0.480 e. The van der Waals surface area contributed by atoms with Gasteiger partial charge in [-0.25, -0.2) is 19.9 Å². The van der Waals surface area contributed by atoms with Gasteiger partial charge >= 0.3 is 0 Å². The first-order valence-electron chi connectivity index (χ1n) is 6.54. The van der Waals surface area contributed by atoms with Gasteiger partial charge < -0.3 is 14.0 Å². The third kappa shape index (κ3) is 2.71. The van der Waals surface area contributed by atoms with Crippen molar-refractivity contribution in [2.45, 2.75) is 6.54 Å². The number of aromatic nitrogens is 6. The van der Waals surface area contributed by atoms with Gasteiger partial charge in [-0.15, -0.1) is 0 Å². The summed E-state index contributed by atoms with van der Waals surface area (Å²) < 4.78 is 12.2. The normalized spacial score (nSPS) is 10.5. The Bertz CT molecular complexity index is 759. The molecule has 0 saturated carbocycles. The van der Waals surface area contributed by atoms with Crippen LogP contribution in [0.2, 0.25) is 0 Å². The van der Waals surface area contributed by atoms with Gasteiger partial charge in [0.1, 0.15) is 5.69 Å². The molecule has 8 heteroatoms. The largest absolute Gasteiger partial charge is 0.480 e. The van der Waals surface area contributed by atoms with Crippen molar-refractivity contribution in [3.05, 3.63) is 42.7 Å². The smallest absolute Gasteiger partial charge is 0.240 e. The van der Waals surface area contributed by atoms with Crippen LogP contribution in [0.3, 0.4) is 0 Å². The molecule has 0 radical (unpaired) electrons. The van der Waals surface area contributed by atoms with E-state index in [1.165, 1.54) is 7.11 Å². The van der Waals surface area contributed by atoms with Gasteiger partial charge in [0.25, 0.3) is 0 Å². The van der Waals surface area contributed by atoms with E-state index in [-0.39, 0.29) is 0 Å². The van der Waals surface area contributed by atoms with Crippen molar-refractivity contribution in [2.75, 3.05) is 14.2 Å². The van der Waals surface area contributed by atoms with Gasteiger partial charge in [0.2, 0.25) is 11.8 Å². The molecule has 0 saturated heterocycles. The lowest BCUT2D eigenvalue weighted by atomic mass is 10.4. The molecule has 0 fully saturated rings. The van der Waals surface area contributed by atoms with Gasteiger partial charge in [0.15, 0.2) is 11.6 Å². The second kappa shape index (κ2) is 6.17. The lowest BCUT2D eigenvalue weighted by Crippen LogP contribution is -2.07. The van der Waals surface area contributed by atoms with E-state index in [9.17, 15) is 0 Å². The number of ether oxygens (including phenoxy) is 2. The molecule has 8 nitrogen and oxygen atoms in total. The first kappa shape index (κ1) is 13.9. The summed E-state index contributed by atoms with van der Waals surface area (Å²) in [6, 6.07) is 1.76. The highest BCUT2D eigenvalue weighted by atomic mass is 16.5. The van der Waals surface area contributed by atoms with Crippen LogP contribution in [0, 0.1) is 0 Å². The van der Waals surface area contributed by atoms with E-state index in [2.05, 4.69) is 24.9 Å². The highest BCUT2D eigenvalue weighted by molar-refractivity contribution is 5.43. The van der Waals surface area contributed by atoms with Crippen molar-refractivity contribution in [1.82, 2.24) is 29.5 Å². The van der Waals surface area contributed by atoms with E-state index in [1.54, 1.807) is 38.0 Å². The maximum absolute atomic E-state index is 5.26. The molecule has 0 aliphatic rings. The predicted octanol–water partition coefficient (Wildman–Crippen LogP) is 1.20. The van der Waals surface area contributed by atoms with E-state index in [4.69, 9.17) is 9.47 Å². The van der Waals surface area contributed by atoms with Crippen LogP contribution in [0.4, 0.5) is 0 Å². The van der Waals surface area contributed by atoms with Crippen molar-refractivity contribution in [3.8, 4) is 23.4 Å². The van der Waals surface area contributed by atoms with E-state index < -0.39 is 0 Å². The maximum atomic E-state index is 5.26. The molecule has 22 heavy (non-hydrogen) atoms. The van der Waals surface area contributed by atoms with Gasteiger partial charge in [-0.05, 0) is 6.07 Å². The summed E-state index contributed by atoms with van der Waals surface area (Å²) in [5.41, 5.74) is 0.665. The van der Waals surface area contributed by atoms with Gasteiger partial charge in [-0.3, -0.25) is 0 Å². The predicted molar refractivity (Wildman–Crippen MR) is 77.5 cm³/mol. The molecule has 3 aromatic heterocycles. The zero-order valence-corrected chi connectivity index (χ0v) is 12.2. The molecule has 0 aliphatic carbocycles. The fourth-order valence-electron chi connectivity index (χ4n) is 1.97. The first-order valence-corrected chi connectivity index (χ1v) is 6.54. The minimum atomic E-state index is 0.401. The van der Waals surface area contributed by atoms with Crippen LogP contribution in [0.5, 0.6) is 11.8 Å². The number of hydrogen-bond donors (Lipinski definition) is 0. The third-order valence-corrected chi connectivity index (χ3v) is 2.99. The molecule has 0 unspecified atom stereocenters. The Morgan fingerprint density at radius 3 is 2.55 bits per heavy atom. The Morgan fingerprint density at radius 1 is 1.00 bits per heavy atom. The SMILES string of the molecule is COc1cnc(Cn2ccnc2-c2ncccn2)c(OC)n1. The number of imidazole rings is 1. The van der Waals surface area contributed by atoms with Gasteiger partial charge in [-0.2, -0.15) is 4.98 Å². The lowest BCUT2D eigenvalue weighted by molar-refractivity contribution is 0.355. The number of nitrogens with zero attached hydrogens (tertiary/aromatic N) is 6. The van der Waals surface area contributed by atoms with Crippen molar-refractivity contribution in [3.63, 3.8) is 0 Å². The molecular formula is C14H14N6O2. The van der Waals surface area contributed by atoms with Crippen molar-refractivity contribution < 1.29 is 9.47 Å². The van der Waals surface area contributed by atoms with Crippen LogP contribution in [0.25, 0.3) is 11.6 Å². The van der Waals surface area contributed by atoms with Crippen LogP contribution in [0.1, 0.15) is 5.69 Å². The second-order valence-corrected chi connectivity index (χ2v) is 4.32. The topological polar surface area (TPSA) is 87.8 Å². The average molecular weight is 298 g/mol. The summed E-state index contributed by atoms with van der Waals surface area (Å²) in [6.07, 6.45) is 8.42. The molecule has 0 N–H and O–H groups in total. The molecular weight excluding hydrogens is 284 g/mol. The van der Waals surface area contributed by atoms with E-state index in [0.717, 1.165) is 0 Å². The molecule has 3 aromatic rings. The van der Waals surface area contributed by atoms with Crippen molar-refractivity contribution in [2.24, 2.45) is 0 Å². The third-order valence-electron chi connectivity index (χ3n) is 2.99. The molecule has 0 amide bonds. The molecule has 3 rings (SSSR count). The molecule has 0 aromatic carbocycles. The van der Waals surface area contributed by atoms with Gasteiger partial charge in [0, 0.05) is 24.8 Å². The van der Waals surface area contributed by atoms with Gasteiger partial charge in [-0.1, -0.05) is 0 Å². The number of rotatable bonds is 5. The lowest BCUT2D eigenvalue weighted by Gasteiger charge is -2.10. The zero-order valence-electron chi connectivity index (χ0n) is 12.2. The van der Waals surface area contributed by atoms with Crippen molar-refractivity contribution in [1.29, 1.82) is 0 Å². The Labute approximate surface area is 126 Å². The maximum Gasteiger partial charge on any atom is 0.240 e. The van der Waals surface area contributed by atoms with Crippen LogP contribution >= 0.6 is 0 Å². The Kier molecular flexibility index (Phi) is 3.90. The Hall–Kier alpha value is -3.03. The van der Waals surface area contributed by atoms with Crippen molar-refractivity contribution >= 4 is 0 Å². The summed E-state index contributed by atoms with van der Waals surface area (Å²) in [5.74, 6) is 2.01. The van der Waals surface area contributed by atoms with Crippen LogP contribution in [-0.2, 0) is 6.54 Å². The van der Waals surface area contributed by atoms with E-state index in [0.29, 0.717) is 35.6 Å². The molecule has 0 atom stereocenters. The first-order chi connectivity index (χ1) is 10.8. The quantitative estimate of drug-likeness (QED) is 0.699. The second-order valence-electron chi connectivity index (χ2n) is 4.32. The zero-order chi connectivity index (χ0) is 15.4. The monoisotopic (exact) mass is 298 g/mol. The summed E-state index contributed by atoms with van der Waals surface area (Å²) >= 11 is 0. The van der Waals surface area contributed by atoms with Crippen LogP contribution in [-0.4, -0.2) is 43.7 Å². The molecule has 3 heterocycles. The Morgan fingerprint density at radius 2 is 1.82 bits per heavy atom. The fourth-order valence-corrected chi connectivity index (χ4v) is 1.97. The molecule has 0 aliphatic heterocycles. The molecule has 112 valence electrons. The van der Waals surface area contributed by atoms with E-state index in [1.807, 2.05) is 10.8 Å². The number of methoxy groups -OCH3 is 2. The van der Waals surface area contributed by atoms with E-state index >= 15 is 0 Å². The summed E-state index contributed by atoms with van der Waals surface area (Å²) in [5, 5.41) is 0. The summed E-state index contributed by atoms with van der Waals surface area (Å²) in [7, 11) is 3.08. The highest BCUT2D eigenvalue weighted by Crippen LogP contribution is 2.20. The van der Waals surface area contributed by atoms with Crippen LogP contribution in [0.15, 0.2) is 37.1 Å². The summed E-state index contributed by atoms with van der Waals surface area (Å²) in [4.78, 5) is 21.3. The Balaban J connectivity index is 1.93. The number of hydrogen-bond acceptors (Lipinski definition) is 7. The average Bonchev–Trinajstić information content (AvgIpc) is 3.04.